The summed E-state index contributed by atoms with van der Waals surface area (Å²) in [7, 11) is 0. The molecule has 1 N–H and O–H groups in total. The first-order chi connectivity index (χ1) is 10.2. The minimum Gasteiger partial charge on any atom is -0.489 e. The van der Waals surface area contributed by atoms with Crippen molar-refractivity contribution >= 4 is 35.6 Å². The standard InChI is InChI=1S/C17H17Cl2NO.ClH/c1-2-9-20-11-13-3-7-16(8-4-13)21-12-14-5-6-15(18)10-17(14)19;/h2-8,10,20H,1,9,11-12H2;1H. The van der Waals surface area contributed by atoms with E-state index < -0.39 is 0 Å². The summed E-state index contributed by atoms with van der Waals surface area (Å²) in [5.74, 6) is 0.813. The van der Waals surface area contributed by atoms with Crippen molar-refractivity contribution in [3.63, 3.8) is 0 Å². The van der Waals surface area contributed by atoms with E-state index in [1.165, 1.54) is 5.56 Å². The molecule has 0 saturated carbocycles. The lowest BCUT2D eigenvalue weighted by atomic mass is 10.2. The van der Waals surface area contributed by atoms with Crippen LogP contribution in [-0.2, 0) is 13.2 Å². The van der Waals surface area contributed by atoms with E-state index in [2.05, 4.69) is 11.9 Å². The summed E-state index contributed by atoms with van der Waals surface area (Å²) < 4.78 is 5.73. The molecule has 0 atom stereocenters. The number of nitrogens with one attached hydrogen (secondary N) is 1. The maximum absolute atomic E-state index is 6.11. The summed E-state index contributed by atoms with van der Waals surface area (Å²) >= 11 is 12.0. The zero-order chi connectivity index (χ0) is 15.1. The second-order valence-electron chi connectivity index (χ2n) is 4.59. The van der Waals surface area contributed by atoms with Gasteiger partial charge in [0.25, 0.3) is 0 Å². The van der Waals surface area contributed by atoms with E-state index in [1.807, 2.05) is 36.4 Å². The molecule has 0 aliphatic rings. The molecule has 2 aromatic carbocycles. The Hall–Kier alpha value is -1.19. The van der Waals surface area contributed by atoms with Crippen LogP contribution in [-0.4, -0.2) is 6.54 Å². The molecule has 0 aliphatic heterocycles. The maximum atomic E-state index is 6.11. The Morgan fingerprint density at radius 2 is 1.82 bits per heavy atom. The van der Waals surface area contributed by atoms with Gasteiger partial charge in [0.1, 0.15) is 12.4 Å². The number of benzene rings is 2. The van der Waals surface area contributed by atoms with Crippen LogP contribution in [0.1, 0.15) is 11.1 Å². The molecular formula is C17H18Cl3NO. The first-order valence-electron chi connectivity index (χ1n) is 6.66. The Labute approximate surface area is 147 Å². The fourth-order valence-electron chi connectivity index (χ4n) is 1.82. The summed E-state index contributed by atoms with van der Waals surface area (Å²) in [4.78, 5) is 0. The molecule has 0 saturated heterocycles. The number of ether oxygens (including phenoxy) is 1. The molecule has 118 valence electrons. The van der Waals surface area contributed by atoms with Gasteiger partial charge in [0.15, 0.2) is 0 Å². The molecule has 0 heterocycles. The monoisotopic (exact) mass is 357 g/mol. The van der Waals surface area contributed by atoms with Crippen LogP contribution in [0, 0.1) is 0 Å². The van der Waals surface area contributed by atoms with Crippen molar-refractivity contribution in [2.75, 3.05) is 6.54 Å². The summed E-state index contributed by atoms with van der Waals surface area (Å²) in [6.45, 7) is 5.70. The summed E-state index contributed by atoms with van der Waals surface area (Å²) in [5, 5.41) is 4.50. The van der Waals surface area contributed by atoms with Crippen molar-refractivity contribution in [1.82, 2.24) is 5.32 Å². The third kappa shape index (κ3) is 5.90. The van der Waals surface area contributed by atoms with Crippen LogP contribution in [0.15, 0.2) is 55.1 Å². The van der Waals surface area contributed by atoms with E-state index in [9.17, 15) is 0 Å². The number of hydrogen-bond donors (Lipinski definition) is 1. The number of rotatable bonds is 7. The zero-order valence-electron chi connectivity index (χ0n) is 12.0. The van der Waals surface area contributed by atoms with E-state index in [-0.39, 0.29) is 12.4 Å². The average Bonchev–Trinajstić information content (AvgIpc) is 2.48. The molecule has 22 heavy (non-hydrogen) atoms. The highest BCUT2D eigenvalue weighted by Gasteiger charge is 2.02. The molecule has 0 fully saturated rings. The molecule has 0 aromatic heterocycles. The van der Waals surface area contributed by atoms with Crippen molar-refractivity contribution in [3.8, 4) is 5.75 Å². The van der Waals surface area contributed by atoms with Crippen LogP contribution in [0.5, 0.6) is 5.75 Å². The molecule has 0 bridgehead atoms. The SMILES string of the molecule is C=CCNCc1ccc(OCc2ccc(Cl)cc2Cl)cc1.Cl. The second kappa shape index (κ2) is 9.75. The van der Waals surface area contributed by atoms with Gasteiger partial charge in [0, 0.05) is 28.7 Å². The third-order valence-corrected chi connectivity index (χ3v) is 3.54. The molecule has 0 amide bonds. The summed E-state index contributed by atoms with van der Waals surface area (Å²) in [5.41, 5.74) is 2.12. The summed E-state index contributed by atoms with van der Waals surface area (Å²) in [6, 6.07) is 13.4. The minimum atomic E-state index is 0. The fourth-order valence-corrected chi connectivity index (χ4v) is 2.28. The van der Waals surface area contributed by atoms with E-state index in [0.29, 0.717) is 16.7 Å². The maximum Gasteiger partial charge on any atom is 0.119 e. The quantitative estimate of drug-likeness (QED) is 0.538. The Morgan fingerprint density at radius 1 is 1.09 bits per heavy atom. The van der Waals surface area contributed by atoms with Gasteiger partial charge >= 0.3 is 0 Å². The Balaban J connectivity index is 0.00000242. The highest BCUT2D eigenvalue weighted by Crippen LogP contribution is 2.22. The lowest BCUT2D eigenvalue weighted by molar-refractivity contribution is 0.306. The fraction of sp³-hybridized carbons (Fsp3) is 0.176. The smallest absolute Gasteiger partial charge is 0.119 e. The Kier molecular flexibility index (Phi) is 8.36. The average molecular weight is 359 g/mol. The molecular weight excluding hydrogens is 341 g/mol. The molecule has 0 aliphatic carbocycles. The molecule has 2 nitrogen and oxygen atoms in total. The highest BCUT2D eigenvalue weighted by molar-refractivity contribution is 6.35. The van der Waals surface area contributed by atoms with Crippen LogP contribution in [0.4, 0.5) is 0 Å². The van der Waals surface area contributed by atoms with Gasteiger partial charge in [-0.15, -0.1) is 19.0 Å². The van der Waals surface area contributed by atoms with Crippen molar-refractivity contribution in [3.05, 3.63) is 76.3 Å². The summed E-state index contributed by atoms with van der Waals surface area (Å²) in [6.07, 6.45) is 1.84. The molecule has 2 rings (SSSR count). The van der Waals surface area contributed by atoms with Gasteiger partial charge in [0.2, 0.25) is 0 Å². The molecule has 2 aromatic rings. The van der Waals surface area contributed by atoms with Crippen molar-refractivity contribution < 1.29 is 4.74 Å². The largest absolute Gasteiger partial charge is 0.489 e. The molecule has 0 unspecified atom stereocenters. The van der Waals surface area contributed by atoms with Gasteiger partial charge < -0.3 is 10.1 Å². The van der Waals surface area contributed by atoms with Crippen molar-refractivity contribution in [1.29, 1.82) is 0 Å². The van der Waals surface area contributed by atoms with E-state index in [1.54, 1.807) is 12.1 Å². The van der Waals surface area contributed by atoms with Crippen molar-refractivity contribution in [2.24, 2.45) is 0 Å². The van der Waals surface area contributed by atoms with Gasteiger partial charge in [0.05, 0.1) is 0 Å². The Bertz CT molecular complexity index is 599. The van der Waals surface area contributed by atoms with Crippen LogP contribution in [0.2, 0.25) is 10.0 Å². The van der Waals surface area contributed by atoms with E-state index >= 15 is 0 Å². The van der Waals surface area contributed by atoms with Crippen LogP contribution < -0.4 is 10.1 Å². The van der Waals surface area contributed by atoms with Gasteiger partial charge in [-0.1, -0.05) is 47.5 Å². The molecule has 0 spiro atoms. The number of hydrogen-bond acceptors (Lipinski definition) is 2. The molecule has 5 heteroatoms. The molecule has 0 radical (unpaired) electrons. The van der Waals surface area contributed by atoms with Gasteiger partial charge in [-0.05, 0) is 29.8 Å². The predicted molar refractivity (Wildman–Crippen MR) is 96.4 cm³/mol. The third-order valence-electron chi connectivity index (χ3n) is 2.95. The number of halogens is 3. The van der Waals surface area contributed by atoms with Gasteiger partial charge in [-0.2, -0.15) is 0 Å². The second-order valence-corrected chi connectivity index (χ2v) is 5.43. The van der Waals surface area contributed by atoms with Gasteiger partial charge in [-0.25, -0.2) is 0 Å². The lowest BCUT2D eigenvalue weighted by Crippen LogP contribution is -2.12. The van der Waals surface area contributed by atoms with E-state index in [0.717, 1.165) is 24.4 Å². The Morgan fingerprint density at radius 3 is 2.45 bits per heavy atom. The van der Waals surface area contributed by atoms with Crippen LogP contribution in [0.3, 0.4) is 0 Å². The van der Waals surface area contributed by atoms with E-state index in [4.69, 9.17) is 27.9 Å². The van der Waals surface area contributed by atoms with Gasteiger partial charge in [-0.3, -0.25) is 0 Å². The van der Waals surface area contributed by atoms with Crippen LogP contribution >= 0.6 is 35.6 Å². The van der Waals surface area contributed by atoms with Crippen LogP contribution in [0.25, 0.3) is 0 Å². The van der Waals surface area contributed by atoms with Crippen molar-refractivity contribution in [2.45, 2.75) is 13.2 Å². The first kappa shape index (κ1) is 18.9. The topological polar surface area (TPSA) is 21.3 Å². The minimum absolute atomic E-state index is 0. The predicted octanol–water partition coefficient (Wildman–Crippen LogP) is 5.27. The normalized spacial score (nSPS) is 9.91. The lowest BCUT2D eigenvalue weighted by Gasteiger charge is -2.09. The highest BCUT2D eigenvalue weighted by atomic mass is 35.5. The zero-order valence-corrected chi connectivity index (χ0v) is 14.3. The first-order valence-corrected chi connectivity index (χ1v) is 7.42.